The van der Waals surface area contributed by atoms with Crippen molar-refractivity contribution >= 4 is 39.1 Å². The molecule has 0 aromatic heterocycles. The van der Waals surface area contributed by atoms with Gasteiger partial charge in [0.05, 0.1) is 0 Å². The summed E-state index contributed by atoms with van der Waals surface area (Å²) in [4.78, 5) is 24.7. The number of carbonyl (C=O) groups is 2. The zero-order chi connectivity index (χ0) is 22.4. The van der Waals surface area contributed by atoms with Gasteiger partial charge in [0.15, 0.2) is 6.61 Å². The number of carbonyl (C=O) groups excluding carboxylic acids is 2. The SMILES string of the molecule is Cc1ccccc1C(=O)Nc1ccc(NC(=O)COc2ccc(Br)cc2C(C)C)cc1. The summed E-state index contributed by atoms with van der Waals surface area (Å²) < 4.78 is 6.71. The Balaban J connectivity index is 1.56. The van der Waals surface area contributed by atoms with E-state index in [-0.39, 0.29) is 24.3 Å². The molecule has 160 valence electrons. The topological polar surface area (TPSA) is 67.4 Å². The van der Waals surface area contributed by atoms with E-state index in [4.69, 9.17) is 4.74 Å². The molecule has 0 heterocycles. The van der Waals surface area contributed by atoms with Crippen molar-refractivity contribution in [1.82, 2.24) is 0 Å². The lowest BCUT2D eigenvalue weighted by molar-refractivity contribution is -0.118. The maximum Gasteiger partial charge on any atom is 0.262 e. The van der Waals surface area contributed by atoms with Crippen LogP contribution < -0.4 is 15.4 Å². The molecule has 2 amide bonds. The fourth-order valence-corrected chi connectivity index (χ4v) is 3.48. The van der Waals surface area contributed by atoms with Crippen LogP contribution in [0.4, 0.5) is 11.4 Å². The highest BCUT2D eigenvalue weighted by atomic mass is 79.9. The monoisotopic (exact) mass is 480 g/mol. The number of anilines is 2. The standard InChI is InChI=1S/C25H25BrN2O3/c1-16(2)22-14-18(26)8-13-23(22)31-15-24(29)27-19-9-11-20(12-10-19)28-25(30)21-7-5-4-6-17(21)3/h4-14,16H,15H2,1-3H3,(H,27,29)(H,28,30). The van der Waals surface area contributed by atoms with E-state index in [1.807, 2.05) is 43.3 Å². The molecule has 0 fully saturated rings. The minimum Gasteiger partial charge on any atom is -0.483 e. The van der Waals surface area contributed by atoms with Gasteiger partial charge < -0.3 is 15.4 Å². The zero-order valence-corrected chi connectivity index (χ0v) is 19.3. The van der Waals surface area contributed by atoms with Gasteiger partial charge in [0, 0.05) is 21.4 Å². The number of aryl methyl sites for hydroxylation is 1. The fourth-order valence-electron chi connectivity index (χ4n) is 3.11. The number of benzene rings is 3. The molecule has 2 N–H and O–H groups in total. The highest BCUT2D eigenvalue weighted by Gasteiger charge is 2.12. The average Bonchev–Trinajstić information content (AvgIpc) is 2.74. The largest absolute Gasteiger partial charge is 0.483 e. The van der Waals surface area contributed by atoms with Gasteiger partial charge in [-0.3, -0.25) is 9.59 Å². The van der Waals surface area contributed by atoms with Crippen LogP contribution in [-0.4, -0.2) is 18.4 Å². The maximum atomic E-state index is 12.4. The molecule has 0 radical (unpaired) electrons. The third kappa shape index (κ3) is 6.18. The summed E-state index contributed by atoms with van der Waals surface area (Å²) in [6, 6.07) is 20.1. The quantitative estimate of drug-likeness (QED) is 0.425. The van der Waals surface area contributed by atoms with Gasteiger partial charge in [0.2, 0.25) is 0 Å². The second kappa shape index (κ2) is 10.3. The van der Waals surface area contributed by atoms with Crippen LogP contribution in [0.3, 0.4) is 0 Å². The lowest BCUT2D eigenvalue weighted by atomic mass is 10.0. The van der Waals surface area contributed by atoms with Crippen LogP contribution in [0.15, 0.2) is 71.2 Å². The first kappa shape index (κ1) is 22.6. The Kier molecular flexibility index (Phi) is 7.47. The summed E-state index contributed by atoms with van der Waals surface area (Å²) in [6.07, 6.45) is 0. The Morgan fingerprint density at radius 1 is 0.935 bits per heavy atom. The smallest absolute Gasteiger partial charge is 0.262 e. The minimum atomic E-state index is -0.255. The van der Waals surface area contributed by atoms with Crippen molar-refractivity contribution in [2.24, 2.45) is 0 Å². The Bertz CT molecular complexity index is 1080. The second-order valence-electron chi connectivity index (χ2n) is 7.52. The van der Waals surface area contributed by atoms with Gasteiger partial charge in [-0.05, 0) is 72.5 Å². The van der Waals surface area contributed by atoms with Gasteiger partial charge in [-0.1, -0.05) is 48.0 Å². The van der Waals surface area contributed by atoms with Crippen molar-refractivity contribution in [2.75, 3.05) is 17.2 Å². The molecule has 0 bridgehead atoms. The summed E-state index contributed by atoms with van der Waals surface area (Å²) in [5.74, 6) is 0.550. The molecule has 31 heavy (non-hydrogen) atoms. The summed E-state index contributed by atoms with van der Waals surface area (Å²) in [6.45, 7) is 5.96. The minimum absolute atomic E-state index is 0.0902. The van der Waals surface area contributed by atoms with Crippen LogP contribution in [0, 0.1) is 6.92 Å². The van der Waals surface area contributed by atoms with Crippen molar-refractivity contribution < 1.29 is 14.3 Å². The highest BCUT2D eigenvalue weighted by molar-refractivity contribution is 9.10. The first-order valence-electron chi connectivity index (χ1n) is 10.0. The van der Waals surface area contributed by atoms with Crippen molar-refractivity contribution in [1.29, 1.82) is 0 Å². The predicted octanol–water partition coefficient (Wildman–Crippen LogP) is 6.15. The van der Waals surface area contributed by atoms with E-state index >= 15 is 0 Å². The number of hydrogen-bond donors (Lipinski definition) is 2. The van der Waals surface area contributed by atoms with Crippen LogP contribution in [0.5, 0.6) is 5.75 Å². The van der Waals surface area contributed by atoms with Crippen LogP contribution in [0.1, 0.15) is 41.3 Å². The molecule has 0 saturated heterocycles. The number of amides is 2. The Morgan fingerprint density at radius 3 is 2.23 bits per heavy atom. The molecule has 3 aromatic rings. The van der Waals surface area contributed by atoms with Crippen LogP contribution in [0.2, 0.25) is 0 Å². The van der Waals surface area contributed by atoms with Gasteiger partial charge in [0.25, 0.3) is 11.8 Å². The molecule has 5 nitrogen and oxygen atoms in total. The number of ether oxygens (including phenoxy) is 1. The van der Waals surface area contributed by atoms with Crippen molar-refractivity contribution in [3.05, 3.63) is 87.9 Å². The molecule has 0 unspecified atom stereocenters. The summed E-state index contributed by atoms with van der Waals surface area (Å²) in [7, 11) is 0. The molecule has 0 atom stereocenters. The van der Waals surface area contributed by atoms with Gasteiger partial charge >= 0.3 is 0 Å². The molecule has 0 aliphatic heterocycles. The number of nitrogens with one attached hydrogen (secondary N) is 2. The zero-order valence-electron chi connectivity index (χ0n) is 17.7. The molecule has 0 aliphatic rings. The molecule has 0 aliphatic carbocycles. The highest BCUT2D eigenvalue weighted by Crippen LogP contribution is 2.29. The van der Waals surface area contributed by atoms with E-state index < -0.39 is 0 Å². The van der Waals surface area contributed by atoms with E-state index in [0.29, 0.717) is 22.7 Å². The van der Waals surface area contributed by atoms with Crippen LogP contribution >= 0.6 is 15.9 Å². The van der Waals surface area contributed by atoms with Gasteiger partial charge in [-0.15, -0.1) is 0 Å². The molecule has 6 heteroatoms. The maximum absolute atomic E-state index is 12.4. The van der Waals surface area contributed by atoms with Crippen LogP contribution in [0.25, 0.3) is 0 Å². The first-order chi connectivity index (χ1) is 14.8. The van der Waals surface area contributed by atoms with E-state index in [1.54, 1.807) is 30.3 Å². The first-order valence-corrected chi connectivity index (χ1v) is 10.8. The second-order valence-corrected chi connectivity index (χ2v) is 8.44. The molecular weight excluding hydrogens is 456 g/mol. The third-order valence-corrected chi connectivity index (χ3v) is 5.26. The van der Waals surface area contributed by atoms with Gasteiger partial charge in [-0.2, -0.15) is 0 Å². The Labute approximate surface area is 191 Å². The Hall–Kier alpha value is -3.12. The van der Waals surface area contributed by atoms with Gasteiger partial charge in [0.1, 0.15) is 5.75 Å². The summed E-state index contributed by atoms with van der Waals surface area (Å²) in [5, 5.41) is 5.68. The van der Waals surface area contributed by atoms with E-state index in [1.165, 1.54) is 0 Å². The molecule has 0 saturated carbocycles. The molecular formula is C25H25BrN2O3. The number of hydrogen-bond acceptors (Lipinski definition) is 3. The van der Waals surface area contributed by atoms with Crippen LogP contribution in [-0.2, 0) is 4.79 Å². The van der Waals surface area contributed by atoms with E-state index in [0.717, 1.165) is 15.6 Å². The van der Waals surface area contributed by atoms with Crippen molar-refractivity contribution in [3.8, 4) is 5.75 Å². The third-order valence-electron chi connectivity index (χ3n) is 4.77. The molecule has 0 spiro atoms. The van der Waals surface area contributed by atoms with E-state index in [9.17, 15) is 9.59 Å². The lowest BCUT2D eigenvalue weighted by Gasteiger charge is -2.14. The fraction of sp³-hybridized carbons (Fsp3) is 0.200. The van der Waals surface area contributed by atoms with Crippen molar-refractivity contribution in [2.45, 2.75) is 26.7 Å². The number of rotatable bonds is 7. The average molecular weight is 481 g/mol. The molecule has 3 rings (SSSR count). The summed E-state index contributed by atoms with van der Waals surface area (Å²) in [5.41, 5.74) is 3.86. The van der Waals surface area contributed by atoms with Crippen molar-refractivity contribution in [3.63, 3.8) is 0 Å². The summed E-state index contributed by atoms with van der Waals surface area (Å²) >= 11 is 3.47. The lowest BCUT2D eigenvalue weighted by Crippen LogP contribution is -2.20. The molecule has 3 aromatic carbocycles. The predicted molar refractivity (Wildman–Crippen MR) is 128 cm³/mol. The number of halogens is 1. The normalized spacial score (nSPS) is 10.6. The van der Waals surface area contributed by atoms with E-state index in [2.05, 4.69) is 40.4 Å². The van der Waals surface area contributed by atoms with Gasteiger partial charge in [-0.25, -0.2) is 0 Å². The Morgan fingerprint density at radius 2 is 1.58 bits per heavy atom.